The Morgan fingerprint density at radius 2 is 1.92 bits per heavy atom. The molecule has 68 valence electrons. The van der Waals surface area contributed by atoms with Gasteiger partial charge in [-0.2, -0.15) is 0 Å². The summed E-state index contributed by atoms with van der Waals surface area (Å²) in [6.07, 6.45) is 0. The fourth-order valence-electron chi connectivity index (χ4n) is 1.11. The van der Waals surface area contributed by atoms with Crippen molar-refractivity contribution in [2.24, 2.45) is 0 Å². The normalized spacial score (nSPS) is 13.3. The summed E-state index contributed by atoms with van der Waals surface area (Å²) in [5, 5.41) is 2.48. The number of Topliss-reactive ketones (excluding diaryl/α,β-unsaturated/α-hetero) is 1. The number of carbonyl (C=O) groups excluding carboxylic acids is 2. The molecule has 0 atom stereocenters. The van der Waals surface area contributed by atoms with Crippen LogP contribution in [0.5, 0.6) is 0 Å². The quantitative estimate of drug-likeness (QED) is 0.587. The SMILES string of the molecule is C.O=C1Nc2ccc(I)cc2C1=O. The largest absolute Gasteiger partial charge is 0.318 e. The lowest BCUT2D eigenvalue weighted by molar-refractivity contribution is -0.112. The van der Waals surface area contributed by atoms with Gasteiger partial charge in [-0.05, 0) is 40.8 Å². The molecule has 1 aromatic rings. The molecule has 1 aliphatic rings. The van der Waals surface area contributed by atoms with Gasteiger partial charge in [-0.1, -0.05) is 7.43 Å². The summed E-state index contributed by atoms with van der Waals surface area (Å²) in [5.41, 5.74) is 1.09. The number of nitrogens with one attached hydrogen (secondary N) is 1. The molecule has 4 heteroatoms. The lowest BCUT2D eigenvalue weighted by Gasteiger charge is -1.95. The van der Waals surface area contributed by atoms with Crippen molar-refractivity contribution in [3.63, 3.8) is 0 Å². The number of hydrogen-bond acceptors (Lipinski definition) is 2. The van der Waals surface area contributed by atoms with Crippen molar-refractivity contribution in [2.75, 3.05) is 5.32 Å². The Kier molecular flexibility index (Phi) is 2.70. The maximum Gasteiger partial charge on any atom is 0.296 e. The first-order valence-electron chi connectivity index (χ1n) is 3.34. The minimum Gasteiger partial charge on any atom is -0.318 e. The van der Waals surface area contributed by atoms with Crippen molar-refractivity contribution < 1.29 is 9.59 Å². The summed E-state index contributed by atoms with van der Waals surface area (Å²) in [5.74, 6) is -0.976. The lowest BCUT2D eigenvalue weighted by atomic mass is 10.1. The molecule has 0 saturated heterocycles. The average Bonchev–Trinajstić information content (AvgIpc) is 2.31. The van der Waals surface area contributed by atoms with Gasteiger partial charge in [-0.25, -0.2) is 0 Å². The van der Waals surface area contributed by atoms with Gasteiger partial charge >= 0.3 is 0 Å². The topological polar surface area (TPSA) is 46.2 Å². The van der Waals surface area contributed by atoms with E-state index >= 15 is 0 Å². The van der Waals surface area contributed by atoms with Gasteiger partial charge in [0.05, 0.1) is 11.3 Å². The zero-order valence-electron chi connectivity index (χ0n) is 5.93. The van der Waals surface area contributed by atoms with Crippen LogP contribution in [0.3, 0.4) is 0 Å². The summed E-state index contributed by atoms with van der Waals surface area (Å²) in [6, 6.07) is 5.29. The summed E-state index contributed by atoms with van der Waals surface area (Å²) in [6.45, 7) is 0. The molecule has 1 heterocycles. The van der Waals surface area contributed by atoms with Crippen LogP contribution in [-0.4, -0.2) is 11.7 Å². The van der Waals surface area contributed by atoms with E-state index in [2.05, 4.69) is 27.9 Å². The molecule has 0 fully saturated rings. The maximum atomic E-state index is 11.1. The molecule has 3 nitrogen and oxygen atoms in total. The van der Waals surface area contributed by atoms with E-state index < -0.39 is 11.7 Å². The van der Waals surface area contributed by atoms with E-state index in [9.17, 15) is 9.59 Å². The molecule has 0 bridgehead atoms. The van der Waals surface area contributed by atoms with Crippen LogP contribution in [0.2, 0.25) is 0 Å². The van der Waals surface area contributed by atoms with Gasteiger partial charge in [0.2, 0.25) is 0 Å². The molecule has 0 aliphatic carbocycles. The predicted octanol–water partition coefficient (Wildman–Crippen LogP) is 2.06. The number of hydrogen-bond donors (Lipinski definition) is 1. The Bertz CT molecular complexity index is 387. The molecule has 1 aliphatic heterocycles. The highest BCUT2D eigenvalue weighted by molar-refractivity contribution is 14.1. The van der Waals surface area contributed by atoms with Gasteiger partial charge in [-0.3, -0.25) is 9.59 Å². The van der Waals surface area contributed by atoms with Gasteiger partial charge in [-0.15, -0.1) is 0 Å². The fraction of sp³-hybridized carbons (Fsp3) is 0.111. The van der Waals surface area contributed by atoms with Crippen molar-refractivity contribution in [1.82, 2.24) is 0 Å². The molecule has 0 spiro atoms. The Balaban J connectivity index is 0.000000845. The number of benzene rings is 1. The number of carbonyl (C=O) groups is 2. The third kappa shape index (κ3) is 1.58. The second kappa shape index (κ2) is 3.45. The third-order valence-electron chi connectivity index (χ3n) is 1.68. The van der Waals surface area contributed by atoms with E-state index in [1.807, 2.05) is 6.07 Å². The zero-order valence-corrected chi connectivity index (χ0v) is 8.08. The molecular formula is C9H8INO2. The first kappa shape index (κ1) is 10.2. The molecule has 0 aromatic heterocycles. The van der Waals surface area contributed by atoms with Gasteiger partial charge < -0.3 is 5.32 Å². The second-order valence-corrected chi connectivity index (χ2v) is 3.72. The molecule has 1 aromatic carbocycles. The van der Waals surface area contributed by atoms with Crippen molar-refractivity contribution in [3.05, 3.63) is 27.3 Å². The number of amides is 1. The first-order chi connectivity index (χ1) is 5.68. The molecule has 1 amide bonds. The Labute approximate surface area is 89.7 Å². The smallest absolute Gasteiger partial charge is 0.296 e. The lowest BCUT2D eigenvalue weighted by Crippen LogP contribution is -2.12. The highest BCUT2D eigenvalue weighted by Crippen LogP contribution is 2.24. The molecule has 0 saturated carbocycles. The molecule has 2 rings (SSSR count). The van der Waals surface area contributed by atoms with E-state index in [-0.39, 0.29) is 7.43 Å². The summed E-state index contributed by atoms with van der Waals surface area (Å²) >= 11 is 2.10. The van der Waals surface area contributed by atoms with Crippen LogP contribution in [0.25, 0.3) is 0 Å². The third-order valence-corrected chi connectivity index (χ3v) is 2.35. The monoisotopic (exact) mass is 289 g/mol. The van der Waals surface area contributed by atoms with Crippen molar-refractivity contribution >= 4 is 40.0 Å². The van der Waals surface area contributed by atoms with Crippen LogP contribution < -0.4 is 5.32 Å². The van der Waals surface area contributed by atoms with E-state index in [1.54, 1.807) is 12.1 Å². The van der Waals surface area contributed by atoms with Gasteiger partial charge in [0.1, 0.15) is 0 Å². The maximum absolute atomic E-state index is 11.1. The molecule has 0 unspecified atom stereocenters. The number of anilines is 1. The molecule has 0 radical (unpaired) electrons. The van der Waals surface area contributed by atoms with Crippen LogP contribution in [-0.2, 0) is 4.79 Å². The number of fused-ring (bicyclic) bond motifs is 1. The van der Waals surface area contributed by atoms with Crippen LogP contribution >= 0.6 is 22.6 Å². The molecular weight excluding hydrogens is 281 g/mol. The highest BCUT2D eigenvalue weighted by Gasteiger charge is 2.27. The first-order valence-corrected chi connectivity index (χ1v) is 4.41. The van der Waals surface area contributed by atoms with Gasteiger partial charge in [0.15, 0.2) is 0 Å². The molecule has 13 heavy (non-hydrogen) atoms. The Morgan fingerprint density at radius 1 is 1.23 bits per heavy atom. The van der Waals surface area contributed by atoms with Crippen LogP contribution in [0.15, 0.2) is 18.2 Å². The standard InChI is InChI=1S/C8H4INO2.CH4/c9-4-1-2-6-5(3-4)7(11)8(12)10-6;/h1-3H,(H,10,11,12);1H4. The Morgan fingerprint density at radius 3 is 2.62 bits per heavy atom. The van der Waals surface area contributed by atoms with Crippen molar-refractivity contribution in [1.29, 1.82) is 0 Å². The summed E-state index contributed by atoms with van der Waals surface area (Å²) in [4.78, 5) is 22.0. The predicted molar refractivity (Wildman–Crippen MR) is 58.9 cm³/mol. The minimum atomic E-state index is -0.535. The van der Waals surface area contributed by atoms with Crippen LogP contribution in [0.1, 0.15) is 17.8 Å². The van der Waals surface area contributed by atoms with E-state index in [0.717, 1.165) is 3.57 Å². The Hall–Kier alpha value is -0.910. The van der Waals surface area contributed by atoms with Gasteiger partial charge in [0.25, 0.3) is 11.7 Å². The number of rotatable bonds is 0. The van der Waals surface area contributed by atoms with Gasteiger partial charge in [0, 0.05) is 3.57 Å². The summed E-state index contributed by atoms with van der Waals surface area (Å²) < 4.78 is 0.955. The van der Waals surface area contributed by atoms with Crippen LogP contribution in [0, 0.1) is 3.57 Å². The van der Waals surface area contributed by atoms with E-state index in [1.165, 1.54) is 0 Å². The highest BCUT2D eigenvalue weighted by atomic mass is 127. The van der Waals surface area contributed by atoms with E-state index in [4.69, 9.17) is 0 Å². The minimum absolute atomic E-state index is 0. The number of ketones is 1. The number of halogens is 1. The fourth-order valence-corrected chi connectivity index (χ4v) is 1.61. The van der Waals surface area contributed by atoms with Crippen molar-refractivity contribution in [2.45, 2.75) is 7.43 Å². The van der Waals surface area contributed by atoms with Crippen molar-refractivity contribution in [3.8, 4) is 0 Å². The molecule has 1 N–H and O–H groups in total. The average molecular weight is 289 g/mol. The zero-order chi connectivity index (χ0) is 8.72. The second-order valence-electron chi connectivity index (χ2n) is 2.47. The van der Waals surface area contributed by atoms with E-state index in [0.29, 0.717) is 11.3 Å². The summed E-state index contributed by atoms with van der Waals surface area (Å²) in [7, 11) is 0. The van der Waals surface area contributed by atoms with Crippen LogP contribution in [0.4, 0.5) is 5.69 Å².